The normalized spacial score (nSPS) is 11.5. The van der Waals surface area contributed by atoms with E-state index in [1.54, 1.807) is 105 Å². The number of anilines is 2. The summed E-state index contributed by atoms with van der Waals surface area (Å²) >= 11 is 1.33. The van der Waals surface area contributed by atoms with Gasteiger partial charge in [-0.15, -0.1) is 11.8 Å². The standard InChI is InChI=1S/C37H37N3O8S/c1-6-48-37(44)25-12-14-27(15-13-25)38-34(41)23(2)49-29-18-16-28(17-19-29)39-36(43)30(40-35(42)24-10-8-7-9-11-24)20-26-21-32(46-4)33(47-5)22-31(26)45-3/h7-23H,6H2,1-5H3,(H,38,41)(H,39,43)(H,40,42)/b30-20-. The van der Waals surface area contributed by atoms with Crippen molar-refractivity contribution in [2.75, 3.05) is 38.6 Å². The van der Waals surface area contributed by atoms with E-state index in [2.05, 4.69) is 16.0 Å². The third kappa shape index (κ3) is 9.88. The molecule has 0 aliphatic rings. The highest BCUT2D eigenvalue weighted by molar-refractivity contribution is 8.00. The maximum Gasteiger partial charge on any atom is 0.338 e. The van der Waals surface area contributed by atoms with Gasteiger partial charge in [0.2, 0.25) is 5.91 Å². The molecule has 0 radical (unpaired) electrons. The van der Waals surface area contributed by atoms with Crippen LogP contribution in [0.2, 0.25) is 0 Å². The Bertz CT molecular complexity index is 1810. The number of methoxy groups -OCH3 is 3. The summed E-state index contributed by atoms with van der Waals surface area (Å²) in [6.45, 7) is 3.79. The number of thioether (sulfide) groups is 1. The van der Waals surface area contributed by atoms with Crippen LogP contribution in [-0.4, -0.2) is 56.9 Å². The fraction of sp³-hybridized carbons (Fsp3) is 0.189. The van der Waals surface area contributed by atoms with Gasteiger partial charge in [0.25, 0.3) is 11.8 Å². The molecule has 4 aromatic rings. The van der Waals surface area contributed by atoms with Gasteiger partial charge in [0.05, 0.1) is 38.7 Å². The minimum Gasteiger partial charge on any atom is -0.496 e. The van der Waals surface area contributed by atoms with Crippen LogP contribution in [0.4, 0.5) is 11.4 Å². The Hall–Kier alpha value is -5.75. The van der Waals surface area contributed by atoms with Crippen molar-refractivity contribution < 1.29 is 38.1 Å². The van der Waals surface area contributed by atoms with Crippen molar-refractivity contribution in [3.63, 3.8) is 0 Å². The van der Waals surface area contributed by atoms with Gasteiger partial charge in [-0.1, -0.05) is 18.2 Å². The minimum atomic E-state index is -0.580. The summed E-state index contributed by atoms with van der Waals surface area (Å²) in [6.07, 6.45) is 1.49. The topological polar surface area (TPSA) is 141 Å². The number of esters is 1. The number of rotatable bonds is 14. The van der Waals surface area contributed by atoms with E-state index >= 15 is 0 Å². The maximum atomic E-state index is 13.6. The van der Waals surface area contributed by atoms with E-state index in [0.29, 0.717) is 45.3 Å². The molecule has 1 unspecified atom stereocenters. The van der Waals surface area contributed by atoms with Gasteiger partial charge in [0, 0.05) is 33.5 Å². The number of ether oxygens (including phenoxy) is 4. The van der Waals surface area contributed by atoms with Crippen molar-refractivity contribution >= 4 is 52.9 Å². The van der Waals surface area contributed by atoms with Gasteiger partial charge < -0.3 is 34.9 Å². The molecule has 11 nitrogen and oxygen atoms in total. The van der Waals surface area contributed by atoms with Crippen LogP contribution < -0.4 is 30.2 Å². The molecular weight excluding hydrogens is 646 g/mol. The predicted molar refractivity (Wildman–Crippen MR) is 189 cm³/mol. The number of benzene rings is 4. The van der Waals surface area contributed by atoms with Crippen molar-refractivity contribution in [1.29, 1.82) is 0 Å². The van der Waals surface area contributed by atoms with E-state index in [4.69, 9.17) is 18.9 Å². The van der Waals surface area contributed by atoms with Crippen molar-refractivity contribution in [3.05, 3.63) is 113 Å². The van der Waals surface area contributed by atoms with Crippen LogP contribution >= 0.6 is 11.8 Å². The van der Waals surface area contributed by atoms with Gasteiger partial charge in [-0.2, -0.15) is 0 Å². The molecule has 0 saturated heterocycles. The van der Waals surface area contributed by atoms with E-state index in [1.807, 2.05) is 0 Å². The van der Waals surface area contributed by atoms with Gasteiger partial charge in [-0.3, -0.25) is 14.4 Å². The molecule has 3 amide bonds. The summed E-state index contributed by atoms with van der Waals surface area (Å²) < 4.78 is 21.3. The Morgan fingerprint density at radius 1 is 0.735 bits per heavy atom. The number of nitrogens with one attached hydrogen (secondary N) is 3. The first kappa shape index (κ1) is 36.1. The summed E-state index contributed by atoms with van der Waals surface area (Å²) in [6, 6.07) is 25.2. The third-order valence-corrected chi connectivity index (χ3v) is 8.13. The predicted octanol–water partition coefficient (Wildman–Crippen LogP) is 6.42. The molecule has 0 aliphatic heterocycles. The molecule has 4 rings (SSSR count). The second-order valence-electron chi connectivity index (χ2n) is 10.4. The zero-order chi connectivity index (χ0) is 35.3. The summed E-state index contributed by atoms with van der Waals surface area (Å²) in [5.41, 5.74) is 2.21. The van der Waals surface area contributed by atoms with Gasteiger partial charge in [0.15, 0.2) is 11.5 Å². The molecular formula is C37H37N3O8S. The summed E-state index contributed by atoms with van der Waals surface area (Å²) in [4.78, 5) is 52.2. The molecule has 4 aromatic carbocycles. The van der Waals surface area contributed by atoms with Crippen LogP contribution in [0, 0.1) is 0 Å². The van der Waals surface area contributed by atoms with Crippen molar-refractivity contribution in [2.24, 2.45) is 0 Å². The molecule has 0 aliphatic carbocycles. The summed E-state index contributed by atoms with van der Waals surface area (Å²) in [5.74, 6) is -0.465. The third-order valence-electron chi connectivity index (χ3n) is 7.02. The lowest BCUT2D eigenvalue weighted by Gasteiger charge is -2.15. The lowest BCUT2D eigenvalue weighted by Crippen LogP contribution is -2.30. The highest BCUT2D eigenvalue weighted by atomic mass is 32.2. The number of hydrogen-bond acceptors (Lipinski definition) is 9. The Kier molecular flexibility index (Phi) is 12.8. The summed E-state index contributed by atoms with van der Waals surface area (Å²) in [5, 5.41) is 7.93. The first-order valence-electron chi connectivity index (χ1n) is 15.2. The first-order chi connectivity index (χ1) is 23.6. The molecule has 0 fully saturated rings. The highest BCUT2D eigenvalue weighted by Crippen LogP contribution is 2.36. The smallest absolute Gasteiger partial charge is 0.338 e. The molecule has 0 saturated carbocycles. The van der Waals surface area contributed by atoms with Crippen LogP contribution in [0.1, 0.15) is 40.1 Å². The number of carbonyl (C=O) groups excluding carboxylic acids is 4. The van der Waals surface area contributed by atoms with Gasteiger partial charge >= 0.3 is 5.97 Å². The van der Waals surface area contributed by atoms with E-state index in [0.717, 1.165) is 4.90 Å². The van der Waals surface area contributed by atoms with Crippen LogP contribution in [0.3, 0.4) is 0 Å². The van der Waals surface area contributed by atoms with Gasteiger partial charge in [-0.25, -0.2) is 4.79 Å². The van der Waals surface area contributed by atoms with E-state index in [1.165, 1.54) is 39.2 Å². The first-order valence-corrected chi connectivity index (χ1v) is 16.1. The van der Waals surface area contributed by atoms with Crippen LogP contribution in [0.15, 0.2) is 102 Å². The molecule has 49 heavy (non-hydrogen) atoms. The number of carbonyl (C=O) groups is 4. The average molecular weight is 684 g/mol. The van der Waals surface area contributed by atoms with Crippen LogP contribution in [0.5, 0.6) is 17.2 Å². The molecule has 0 heterocycles. The lowest BCUT2D eigenvalue weighted by molar-refractivity contribution is -0.115. The van der Waals surface area contributed by atoms with E-state index < -0.39 is 23.0 Å². The van der Waals surface area contributed by atoms with E-state index in [-0.39, 0.29) is 18.2 Å². The summed E-state index contributed by atoms with van der Waals surface area (Å²) in [7, 11) is 4.47. The van der Waals surface area contributed by atoms with E-state index in [9.17, 15) is 19.2 Å². The SMILES string of the molecule is CCOC(=O)c1ccc(NC(=O)C(C)Sc2ccc(NC(=O)/C(=C/c3cc(OC)c(OC)cc3OC)NC(=O)c3ccccc3)cc2)cc1. The Morgan fingerprint density at radius 2 is 1.33 bits per heavy atom. The molecule has 0 aromatic heterocycles. The maximum absolute atomic E-state index is 13.6. The monoisotopic (exact) mass is 683 g/mol. The molecule has 254 valence electrons. The fourth-order valence-corrected chi connectivity index (χ4v) is 5.35. The molecule has 0 spiro atoms. The fourth-order valence-electron chi connectivity index (χ4n) is 4.48. The highest BCUT2D eigenvalue weighted by Gasteiger charge is 2.19. The van der Waals surface area contributed by atoms with Crippen molar-refractivity contribution in [1.82, 2.24) is 5.32 Å². The number of amides is 3. The van der Waals surface area contributed by atoms with Crippen molar-refractivity contribution in [2.45, 2.75) is 24.0 Å². The lowest BCUT2D eigenvalue weighted by atomic mass is 10.1. The minimum absolute atomic E-state index is 0.0431. The average Bonchev–Trinajstić information content (AvgIpc) is 3.12. The molecule has 3 N–H and O–H groups in total. The Morgan fingerprint density at radius 3 is 1.94 bits per heavy atom. The Labute approximate surface area is 289 Å². The second-order valence-corrected chi connectivity index (χ2v) is 11.8. The second kappa shape index (κ2) is 17.4. The van der Waals surface area contributed by atoms with Crippen LogP contribution in [-0.2, 0) is 14.3 Å². The zero-order valence-electron chi connectivity index (χ0n) is 27.7. The quantitative estimate of drug-likeness (QED) is 0.0780. The Balaban J connectivity index is 1.47. The van der Waals surface area contributed by atoms with Gasteiger partial charge in [-0.05, 0) is 86.7 Å². The molecule has 12 heteroatoms. The van der Waals surface area contributed by atoms with Crippen LogP contribution in [0.25, 0.3) is 6.08 Å². The van der Waals surface area contributed by atoms with Gasteiger partial charge in [0.1, 0.15) is 11.4 Å². The zero-order valence-corrected chi connectivity index (χ0v) is 28.5. The molecule has 0 bridgehead atoms. The largest absolute Gasteiger partial charge is 0.496 e. The number of hydrogen-bond donors (Lipinski definition) is 3. The van der Waals surface area contributed by atoms with Crippen molar-refractivity contribution in [3.8, 4) is 17.2 Å². The molecule has 1 atom stereocenters.